The molecule has 1 rings (SSSR count). The lowest BCUT2D eigenvalue weighted by Crippen LogP contribution is -2.27. The number of hydrogen-bond acceptors (Lipinski definition) is 11. The molecule has 11 heteroatoms. The third kappa shape index (κ3) is 19.4. The van der Waals surface area contributed by atoms with E-state index in [1.165, 1.54) is 0 Å². The molecule has 0 N–H and O–H groups in total. The molecule has 0 aromatic heterocycles. The van der Waals surface area contributed by atoms with E-state index in [1.54, 1.807) is 51.1 Å². The van der Waals surface area contributed by atoms with Crippen LogP contribution in [0.5, 0.6) is 0 Å². The summed E-state index contributed by atoms with van der Waals surface area (Å²) < 4.78 is 42.0. The fourth-order valence-electron chi connectivity index (χ4n) is 2.59. The molecule has 0 saturated carbocycles. The molecule has 0 saturated heterocycles. The van der Waals surface area contributed by atoms with Crippen molar-refractivity contribution in [3.8, 4) is 0 Å². The summed E-state index contributed by atoms with van der Waals surface area (Å²) in [5, 5.41) is 0. The predicted octanol–water partition coefficient (Wildman–Crippen LogP) is 1.85. The molecule has 0 bridgehead atoms. The second-order valence-electron chi connectivity index (χ2n) is 8.53. The summed E-state index contributed by atoms with van der Waals surface area (Å²) >= 11 is 0. The SMILES string of the molecule is CC(C)(C)OC(=O)COCCOCCOCCOCCOCCOCCOC(=O)C(=O)c1ccccc1. The Hall–Kier alpha value is -2.41. The summed E-state index contributed by atoms with van der Waals surface area (Å²) in [5.74, 6) is -1.98. The van der Waals surface area contributed by atoms with Crippen molar-refractivity contribution in [2.75, 3.05) is 85.9 Å². The van der Waals surface area contributed by atoms with Gasteiger partial charge >= 0.3 is 11.9 Å². The quantitative estimate of drug-likeness (QED) is 0.0947. The zero-order chi connectivity index (χ0) is 27.2. The van der Waals surface area contributed by atoms with Crippen molar-refractivity contribution in [3.05, 3.63) is 35.9 Å². The van der Waals surface area contributed by atoms with Gasteiger partial charge in [0, 0.05) is 5.56 Å². The van der Waals surface area contributed by atoms with Gasteiger partial charge in [-0.25, -0.2) is 9.59 Å². The van der Waals surface area contributed by atoms with Gasteiger partial charge in [0.15, 0.2) is 0 Å². The number of carbonyl (C=O) groups is 3. The lowest BCUT2D eigenvalue weighted by Gasteiger charge is -2.19. The van der Waals surface area contributed by atoms with Crippen molar-refractivity contribution in [1.82, 2.24) is 0 Å². The lowest BCUT2D eigenvalue weighted by molar-refractivity contribution is -0.160. The molecule has 210 valence electrons. The van der Waals surface area contributed by atoms with E-state index in [4.69, 9.17) is 37.9 Å². The van der Waals surface area contributed by atoms with Crippen LogP contribution in [0.25, 0.3) is 0 Å². The van der Waals surface area contributed by atoms with Crippen LogP contribution in [0.3, 0.4) is 0 Å². The van der Waals surface area contributed by atoms with Crippen molar-refractivity contribution in [3.63, 3.8) is 0 Å². The van der Waals surface area contributed by atoms with Crippen LogP contribution in [0.2, 0.25) is 0 Å². The lowest BCUT2D eigenvalue weighted by atomic mass is 10.1. The zero-order valence-corrected chi connectivity index (χ0v) is 22.1. The van der Waals surface area contributed by atoms with Crippen LogP contribution < -0.4 is 0 Å². The predicted molar refractivity (Wildman–Crippen MR) is 132 cm³/mol. The van der Waals surface area contributed by atoms with Gasteiger partial charge in [0.05, 0.1) is 72.7 Å². The number of rotatable bonds is 22. The van der Waals surface area contributed by atoms with E-state index in [0.29, 0.717) is 71.6 Å². The van der Waals surface area contributed by atoms with Gasteiger partial charge in [0.25, 0.3) is 5.78 Å². The van der Waals surface area contributed by atoms with E-state index in [2.05, 4.69) is 0 Å². The van der Waals surface area contributed by atoms with E-state index in [1.807, 2.05) is 0 Å². The highest BCUT2D eigenvalue weighted by molar-refractivity contribution is 6.40. The molecule has 0 spiro atoms. The molecule has 1 aromatic carbocycles. The molecule has 0 aliphatic carbocycles. The first-order valence-corrected chi connectivity index (χ1v) is 12.2. The highest BCUT2D eigenvalue weighted by Gasteiger charge is 2.17. The van der Waals surface area contributed by atoms with Gasteiger partial charge in [0.1, 0.15) is 18.8 Å². The maximum atomic E-state index is 11.8. The first-order valence-electron chi connectivity index (χ1n) is 12.2. The molecular formula is C26H40O11. The average Bonchev–Trinajstić information content (AvgIpc) is 2.86. The van der Waals surface area contributed by atoms with E-state index in [9.17, 15) is 14.4 Å². The third-order valence-electron chi connectivity index (χ3n) is 4.18. The van der Waals surface area contributed by atoms with Crippen molar-refractivity contribution < 1.29 is 52.3 Å². The Balaban J connectivity index is 1.77. The number of esters is 2. The Morgan fingerprint density at radius 1 is 0.595 bits per heavy atom. The van der Waals surface area contributed by atoms with Gasteiger partial charge in [0.2, 0.25) is 0 Å². The van der Waals surface area contributed by atoms with Crippen molar-refractivity contribution in [2.24, 2.45) is 0 Å². The summed E-state index contributed by atoms with van der Waals surface area (Å²) in [6.07, 6.45) is 0. The summed E-state index contributed by atoms with van der Waals surface area (Å²) in [6, 6.07) is 8.23. The Morgan fingerprint density at radius 2 is 1.00 bits per heavy atom. The molecule has 11 nitrogen and oxygen atoms in total. The highest BCUT2D eigenvalue weighted by atomic mass is 16.6. The van der Waals surface area contributed by atoms with Crippen LogP contribution in [-0.2, 0) is 47.5 Å². The van der Waals surface area contributed by atoms with E-state index >= 15 is 0 Å². The molecular weight excluding hydrogens is 488 g/mol. The first-order chi connectivity index (χ1) is 17.8. The van der Waals surface area contributed by atoms with Gasteiger partial charge in [-0.2, -0.15) is 0 Å². The third-order valence-corrected chi connectivity index (χ3v) is 4.18. The molecule has 0 fully saturated rings. The zero-order valence-electron chi connectivity index (χ0n) is 22.1. The van der Waals surface area contributed by atoms with Gasteiger partial charge in [-0.15, -0.1) is 0 Å². The van der Waals surface area contributed by atoms with Gasteiger partial charge < -0.3 is 37.9 Å². The molecule has 0 heterocycles. The molecule has 0 atom stereocenters. The fraction of sp³-hybridized carbons (Fsp3) is 0.654. The smallest absolute Gasteiger partial charge is 0.379 e. The van der Waals surface area contributed by atoms with Gasteiger partial charge in [-0.1, -0.05) is 30.3 Å². The number of hydrogen-bond donors (Lipinski definition) is 0. The van der Waals surface area contributed by atoms with Crippen LogP contribution in [0, 0.1) is 0 Å². The number of ketones is 1. The van der Waals surface area contributed by atoms with Crippen LogP contribution in [-0.4, -0.2) is 109 Å². The number of Topliss-reactive ketones (excluding diaryl/α,β-unsaturated/α-hetero) is 1. The molecule has 0 amide bonds. The Morgan fingerprint density at radius 3 is 1.43 bits per heavy atom. The van der Waals surface area contributed by atoms with Crippen molar-refractivity contribution in [1.29, 1.82) is 0 Å². The number of carbonyl (C=O) groups excluding carboxylic acids is 3. The molecule has 0 aliphatic rings. The molecule has 0 radical (unpaired) electrons. The second-order valence-corrected chi connectivity index (χ2v) is 8.53. The van der Waals surface area contributed by atoms with Crippen LogP contribution in [0.15, 0.2) is 30.3 Å². The van der Waals surface area contributed by atoms with Crippen LogP contribution >= 0.6 is 0 Å². The molecule has 0 aliphatic heterocycles. The molecule has 1 aromatic rings. The first kappa shape index (κ1) is 32.6. The standard InChI is InChI=1S/C26H40O11/c1-26(2,3)37-23(27)21-35-18-17-33-14-13-31-10-9-30-11-12-32-15-16-34-19-20-36-25(29)24(28)22-7-5-4-6-8-22/h4-8H,9-21H2,1-3H3. The minimum absolute atomic E-state index is 0.00651. The van der Waals surface area contributed by atoms with Gasteiger partial charge in [-0.3, -0.25) is 4.79 Å². The summed E-state index contributed by atoms with van der Waals surface area (Å²) in [5.41, 5.74) is -0.227. The molecule has 0 unspecified atom stereocenters. The minimum Gasteiger partial charge on any atom is -0.458 e. The van der Waals surface area contributed by atoms with Crippen LogP contribution in [0.4, 0.5) is 0 Å². The number of benzene rings is 1. The van der Waals surface area contributed by atoms with E-state index in [-0.39, 0.29) is 19.8 Å². The summed E-state index contributed by atoms with van der Waals surface area (Å²) in [6.45, 7) is 9.41. The highest BCUT2D eigenvalue weighted by Crippen LogP contribution is 2.06. The van der Waals surface area contributed by atoms with E-state index < -0.39 is 23.3 Å². The Kier molecular flexibility index (Phi) is 18.2. The maximum absolute atomic E-state index is 11.8. The average molecular weight is 529 g/mol. The van der Waals surface area contributed by atoms with Crippen LogP contribution in [0.1, 0.15) is 31.1 Å². The minimum atomic E-state index is -0.901. The maximum Gasteiger partial charge on any atom is 0.379 e. The monoisotopic (exact) mass is 528 g/mol. The molecule has 37 heavy (non-hydrogen) atoms. The fourth-order valence-corrected chi connectivity index (χ4v) is 2.59. The number of ether oxygens (including phenoxy) is 8. The topological polar surface area (TPSA) is 125 Å². The second kappa shape index (κ2) is 20.6. The summed E-state index contributed by atoms with van der Waals surface area (Å²) in [4.78, 5) is 35.0. The Bertz CT molecular complexity index is 747. The Labute approximate surface area is 218 Å². The normalized spacial score (nSPS) is 11.3. The van der Waals surface area contributed by atoms with E-state index in [0.717, 1.165) is 0 Å². The largest absolute Gasteiger partial charge is 0.458 e. The summed E-state index contributed by atoms with van der Waals surface area (Å²) in [7, 11) is 0. The van der Waals surface area contributed by atoms with Crippen molar-refractivity contribution >= 4 is 17.7 Å². The van der Waals surface area contributed by atoms with Gasteiger partial charge in [-0.05, 0) is 20.8 Å². The van der Waals surface area contributed by atoms with Crippen molar-refractivity contribution in [2.45, 2.75) is 26.4 Å².